The first-order chi connectivity index (χ1) is 5.99. The highest BCUT2D eigenvalue weighted by molar-refractivity contribution is 5.03. The van der Waals surface area contributed by atoms with E-state index in [9.17, 15) is 13.2 Å². The number of rotatable bonds is 3. The van der Waals surface area contributed by atoms with Crippen LogP contribution >= 0.6 is 0 Å². The van der Waals surface area contributed by atoms with Crippen LogP contribution in [0, 0.1) is 6.92 Å². The predicted molar refractivity (Wildman–Crippen MR) is 39.0 cm³/mol. The smallest absolute Gasteiger partial charge is 0.401 e. The Kier molecular flexibility index (Phi) is 2.92. The zero-order chi connectivity index (χ0) is 9.90. The fourth-order valence-electron chi connectivity index (χ4n) is 0.814. The van der Waals surface area contributed by atoms with Crippen LogP contribution in [0.1, 0.15) is 11.5 Å². The molecule has 1 heterocycles. The summed E-state index contributed by atoms with van der Waals surface area (Å²) in [6, 6.07) is 0. The third-order valence-electron chi connectivity index (χ3n) is 1.46. The van der Waals surface area contributed by atoms with Crippen molar-refractivity contribution in [3.05, 3.63) is 17.8 Å². The lowest BCUT2D eigenvalue weighted by Gasteiger charge is -2.06. The molecule has 0 spiro atoms. The molecule has 1 N–H and O–H groups in total. The van der Waals surface area contributed by atoms with Crippen molar-refractivity contribution in [1.82, 2.24) is 10.3 Å². The third-order valence-corrected chi connectivity index (χ3v) is 1.46. The van der Waals surface area contributed by atoms with Crippen molar-refractivity contribution in [3.63, 3.8) is 0 Å². The molecule has 1 rings (SSSR count). The van der Waals surface area contributed by atoms with E-state index in [4.69, 9.17) is 4.42 Å². The molecule has 0 radical (unpaired) electrons. The molecule has 1 aromatic heterocycles. The molecular formula is C7H9F3N2O. The Morgan fingerprint density at radius 3 is 2.69 bits per heavy atom. The van der Waals surface area contributed by atoms with Crippen LogP contribution < -0.4 is 5.32 Å². The van der Waals surface area contributed by atoms with Crippen LogP contribution in [-0.4, -0.2) is 17.7 Å². The van der Waals surface area contributed by atoms with E-state index in [0.717, 1.165) is 0 Å². The first-order valence-corrected chi connectivity index (χ1v) is 3.65. The minimum atomic E-state index is -4.19. The quantitative estimate of drug-likeness (QED) is 0.794. The van der Waals surface area contributed by atoms with Crippen LogP contribution in [0.5, 0.6) is 0 Å². The summed E-state index contributed by atoms with van der Waals surface area (Å²) in [4.78, 5) is 3.74. The molecule has 0 unspecified atom stereocenters. The predicted octanol–water partition coefficient (Wildman–Crippen LogP) is 1.63. The van der Waals surface area contributed by atoms with Crippen LogP contribution in [0.2, 0.25) is 0 Å². The van der Waals surface area contributed by atoms with Gasteiger partial charge in [-0.3, -0.25) is 0 Å². The highest BCUT2D eigenvalue weighted by Crippen LogP contribution is 2.13. The number of hydrogen-bond donors (Lipinski definition) is 1. The Morgan fingerprint density at radius 1 is 1.54 bits per heavy atom. The first kappa shape index (κ1) is 10.0. The van der Waals surface area contributed by atoms with Crippen LogP contribution in [0.15, 0.2) is 10.8 Å². The molecule has 6 heteroatoms. The second kappa shape index (κ2) is 3.78. The van der Waals surface area contributed by atoms with Crippen molar-refractivity contribution >= 4 is 0 Å². The second-order valence-corrected chi connectivity index (χ2v) is 2.58. The number of alkyl halides is 3. The summed E-state index contributed by atoms with van der Waals surface area (Å²) < 4.78 is 39.9. The standard InChI is InChI=1S/C7H9F3N2O/c1-5-6(13-4-12-5)2-11-3-7(8,9)10/h4,11H,2-3H2,1H3. The number of aryl methyl sites for hydroxylation is 1. The van der Waals surface area contributed by atoms with Crippen LogP contribution in [0.4, 0.5) is 13.2 Å². The number of oxazole rings is 1. The number of hydrogen-bond acceptors (Lipinski definition) is 3. The van der Waals surface area contributed by atoms with Gasteiger partial charge in [0.2, 0.25) is 0 Å². The van der Waals surface area contributed by atoms with Gasteiger partial charge in [0, 0.05) is 0 Å². The highest BCUT2D eigenvalue weighted by atomic mass is 19.4. The lowest BCUT2D eigenvalue weighted by atomic mass is 10.3. The zero-order valence-electron chi connectivity index (χ0n) is 6.98. The molecule has 0 bridgehead atoms. The molecular weight excluding hydrogens is 185 g/mol. The number of halogens is 3. The average Bonchev–Trinajstić information content (AvgIpc) is 2.34. The molecule has 0 aliphatic heterocycles. The maximum atomic E-state index is 11.7. The van der Waals surface area contributed by atoms with E-state index in [1.165, 1.54) is 6.39 Å². The lowest BCUT2D eigenvalue weighted by molar-refractivity contribution is -0.125. The van der Waals surface area contributed by atoms with Gasteiger partial charge in [-0.2, -0.15) is 13.2 Å². The molecule has 3 nitrogen and oxygen atoms in total. The Labute approximate surface area is 73.0 Å². The Hall–Kier alpha value is -1.04. The minimum Gasteiger partial charge on any atom is -0.447 e. The van der Waals surface area contributed by atoms with Crippen molar-refractivity contribution in [1.29, 1.82) is 0 Å². The summed E-state index contributed by atoms with van der Waals surface area (Å²) in [7, 11) is 0. The van der Waals surface area contributed by atoms with Gasteiger partial charge < -0.3 is 9.73 Å². The van der Waals surface area contributed by atoms with Crippen molar-refractivity contribution in [3.8, 4) is 0 Å². The largest absolute Gasteiger partial charge is 0.447 e. The zero-order valence-corrected chi connectivity index (χ0v) is 6.98. The Balaban J connectivity index is 2.32. The van der Waals surface area contributed by atoms with Crippen LogP contribution in [0.25, 0.3) is 0 Å². The normalized spacial score (nSPS) is 12.0. The molecule has 0 aliphatic rings. The molecule has 74 valence electrons. The van der Waals surface area contributed by atoms with Gasteiger partial charge in [0.25, 0.3) is 0 Å². The topological polar surface area (TPSA) is 38.1 Å². The first-order valence-electron chi connectivity index (χ1n) is 3.65. The number of aromatic nitrogens is 1. The van der Waals surface area contributed by atoms with Gasteiger partial charge >= 0.3 is 6.18 Å². The number of nitrogens with zero attached hydrogens (tertiary/aromatic N) is 1. The van der Waals surface area contributed by atoms with Gasteiger partial charge in [-0.25, -0.2) is 4.98 Å². The molecule has 0 amide bonds. The van der Waals surface area contributed by atoms with E-state index in [-0.39, 0.29) is 6.54 Å². The summed E-state index contributed by atoms with van der Waals surface area (Å²) >= 11 is 0. The monoisotopic (exact) mass is 194 g/mol. The molecule has 0 saturated heterocycles. The van der Waals surface area contributed by atoms with Gasteiger partial charge in [-0.05, 0) is 6.92 Å². The van der Waals surface area contributed by atoms with Gasteiger partial charge in [0.15, 0.2) is 6.39 Å². The molecule has 0 fully saturated rings. The summed E-state index contributed by atoms with van der Waals surface area (Å²) in [5, 5.41) is 2.21. The molecule has 13 heavy (non-hydrogen) atoms. The molecule has 0 aromatic carbocycles. The summed E-state index contributed by atoms with van der Waals surface area (Å²) in [6.07, 6.45) is -2.98. The lowest BCUT2D eigenvalue weighted by Crippen LogP contribution is -2.28. The highest BCUT2D eigenvalue weighted by Gasteiger charge is 2.26. The molecule has 0 aliphatic carbocycles. The molecule has 0 atom stereocenters. The van der Waals surface area contributed by atoms with E-state index in [2.05, 4.69) is 10.3 Å². The maximum absolute atomic E-state index is 11.7. The number of nitrogens with one attached hydrogen (secondary N) is 1. The Bertz CT molecular complexity index is 269. The van der Waals surface area contributed by atoms with Crippen molar-refractivity contribution in [2.24, 2.45) is 0 Å². The van der Waals surface area contributed by atoms with Gasteiger partial charge in [-0.1, -0.05) is 0 Å². The van der Waals surface area contributed by atoms with Crippen molar-refractivity contribution < 1.29 is 17.6 Å². The molecule has 1 aromatic rings. The summed E-state index contributed by atoms with van der Waals surface area (Å²) in [5.41, 5.74) is 0.606. The fourth-order valence-corrected chi connectivity index (χ4v) is 0.814. The third kappa shape index (κ3) is 3.45. The van der Waals surface area contributed by atoms with Gasteiger partial charge in [0.05, 0.1) is 18.8 Å². The van der Waals surface area contributed by atoms with E-state index in [1.54, 1.807) is 6.92 Å². The minimum absolute atomic E-state index is 0.0470. The van der Waals surface area contributed by atoms with E-state index in [0.29, 0.717) is 11.5 Å². The van der Waals surface area contributed by atoms with Crippen molar-refractivity contribution in [2.75, 3.05) is 6.54 Å². The summed E-state index contributed by atoms with van der Waals surface area (Å²) in [6.45, 7) is 0.701. The molecule has 0 saturated carbocycles. The SMILES string of the molecule is Cc1ncoc1CNCC(F)(F)F. The van der Waals surface area contributed by atoms with Gasteiger partial charge in [0.1, 0.15) is 5.76 Å². The van der Waals surface area contributed by atoms with Gasteiger partial charge in [-0.15, -0.1) is 0 Å². The van der Waals surface area contributed by atoms with E-state index < -0.39 is 12.7 Å². The summed E-state index contributed by atoms with van der Waals surface area (Å²) in [5.74, 6) is 0.434. The fraction of sp³-hybridized carbons (Fsp3) is 0.571. The Morgan fingerprint density at radius 2 is 2.23 bits per heavy atom. The van der Waals surface area contributed by atoms with Crippen LogP contribution in [-0.2, 0) is 6.54 Å². The van der Waals surface area contributed by atoms with Crippen LogP contribution in [0.3, 0.4) is 0 Å². The van der Waals surface area contributed by atoms with Crippen molar-refractivity contribution in [2.45, 2.75) is 19.6 Å². The van der Waals surface area contributed by atoms with E-state index in [1.807, 2.05) is 0 Å². The maximum Gasteiger partial charge on any atom is 0.401 e. The second-order valence-electron chi connectivity index (χ2n) is 2.58. The van der Waals surface area contributed by atoms with E-state index >= 15 is 0 Å². The average molecular weight is 194 g/mol.